The number of pyridine rings is 2. The van der Waals surface area contributed by atoms with Crippen molar-refractivity contribution in [2.75, 3.05) is 0 Å². The third kappa shape index (κ3) is 1.91. The van der Waals surface area contributed by atoms with Gasteiger partial charge in [0.25, 0.3) is 5.56 Å². The predicted molar refractivity (Wildman–Crippen MR) is 117 cm³/mol. The monoisotopic (exact) mass is 395 g/mol. The Labute approximate surface area is 169 Å². The van der Waals surface area contributed by atoms with E-state index in [0.29, 0.717) is 39.2 Å². The Balaban J connectivity index is 1.90. The zero-order valence-electron chi connectivity index (χ0n) is 16.9. The molecule has 7 heteroatoms. The lowest BCUT2D eigenvalue weighted by molar-refractivity contribution is 0.0939. The topological polar surface area (TPSA) is 82.2 Å². The fraction of sp³-hybridized carbons (Fsp3) is 0.174. The Morgan fingerprint density at radius 1 is 0.833 bits per heavy atom. The maximum absolute atomic E-state index is 13.6. The summed E-state index contributed by atoms with van der Waals surface area (Å²) in [6.45, 7) is 7.36. The Hall–Kier alpha value is -3.87. The van der Waals surface area contributed by atoms with Crippen molar-refractivity contribution in [1.29, 1.82) is 0 Å². The Kier molecular flexibility index (Phi) is 3.06. The lowest BCUT2D eigenvalue weighted by Gasteiger charge is -2.11. The van der Waals surface area contributed by atoms with Crippen LogP contribution in [-0.2, 0) is 0 Å². The molecule has 0 saturated carbocycles. The molecule has 6 aromatic rings. The van der Waals surface area contributed by atoms with Gasteiger partial charge in [0.05, 0.1) is 11.0 Å². The summed E-state index contributed by atoms with van der Waals surface area (Å²) in [6, 6.07) is 9.74. The normalized spacial score (nSPS) is 12.3. The van der Waals surface area contributed by atoms with Crippen LogP contribution in [0.3, 0.4) is 0 Å². The molecule has 0 bridgehead atoms. The summed E-state index contributed by atoms with van der Waals surface area (Å²) in [5.41, 5.74) is 4.73. The minimum atomic E-state index is -0.151. The van der Waals surface area contributed by atoms with Crippen molar-refractivity contribution in [2.45, 2.75) is 27.7 Å². The fourth-order valence-corrected chi connectivity index (χ4v) is 4.75. The van der Waals surface area contributed by atoms with Gasteiger partial charge in [-0.1, -0.05) is 18.2 Å². The van der Waals surface area contributed by atoms with E-state index in [-0.39, 0.29) is 11.5 Å². The third-order valence-electron chi connectivity index (χ3n) is 6.01. The number of fused-ring (bicyclic) bond motifs is 5. The SMILES string of the molecule is CC(=O)n1c(C)nc2nc3nc4c5ccc(C)c6c(C)ccc(c(=O)n4c3cc21)c65. The number of hydrogen-bond donors (Lipinski definition) is 0. The van der Waals surface area contributed by atoms with Crippen molar-refractivity contribution < 1.29 is 4.79 Å². The van der Waals surface area contributed by atoms with E-state index in [1.165, 1.54) is 11.5 Å². The molecule has 0 spiro atoms. The average Bonchev–Trinajstić information content (AvgIpc) is 3.21. The van der Waals surface area contributed by atoms with Crippen LogP contribution in [0.4, 0.5) is 0 Å². The number of rotatable bonds is 0. The lowest BCUT2D eigenvalue weighted by Crippen LogP contribution is -2.14. The summed E-state index contributed by atoms with van der Waals surface area (Å²) in [5, 5.41) is 3.59. The maximum Gasteiger partial charge on any atom is 0.264 e. The van der Waals surface area contributed by atoms with Gasteiger partial charge in [-0.25, -0.2) is 15.0 Å². The molecule has 2 aromatic carbocycles. The molecule has 0 aliphatic carbocycles. The molecule has 6 rings (SSSR count). The predicted octanol–water partition coefficient (Wildman–Crippen LogP) is 3.92. The average molecular weight is 395 g/mol. The third-order valence-corrected chi connectivity index (χ3v) is 6.01. The van der Waals surface area contributed by atoms with E-state index in [4.69, 9.17) is 4.98 Å². The quantitative estimate of drug-likeness (QED) is 0.389. The van der Waals surface area contributed by atoms with Gasteiger partial charge < -0.3 is 0 Å². The van der Waals surface area contributed by atoms with E-state index in [0.717, 1.165) is 27.3 Å². The Morgan fingerprint density at radius 2 is 1.50 bits per heavy atom. The number of imidazole rings is 2. The van der Waals surface area contributed by atoms with Crippen LogP contribution in [0.2, 0.25) is 0 Å². The van der Waals surface area contributed by atoms with Crippen molar-refractivity contribution in [1.82, 2.24) is 23.9 Å². The summed E-state index contributed by atoms with van der Waals surface area (Å²) in [7, 11) is 0. The van der Waals surface area contributed by atoms with Crippen LogP contribution in [0.15, 0.2) is 35.1 Å². The van der Waals surface area contributed by atoms with Crippen LogP contribution in [0.1, 0.15) is 28.7 Å². The van der Waals surface area contributed by atoms with Crippen LogP contribution >= 0.6 is 0 Å². The maximum atomic E-state index is 13.6. The van der Waals surface area contributed by atoms with E-state index in [2.05, 4.69) is 29.9 Å². The molecule has 0 N–H and O–H groups in total. The molecular formula is C23H17N5O2. The van der Waals surface area contributed by atoms with E-state index in [9.17, 15) is 9.59 Å². The molecule has 0 saturated heterocycles. The molecule has 146 valence electrons. The first kappa shape index (κ1) is 17.0. The summed E-state index contributed by atoms with van der Waals surface area (Å²) in [5.74, 6) is 0.408. The molecule has 0 aliphatic heterocycles. The van der Waals surface area contributed by atoms with Gasteiger partial charge in [-0.15, -0.1) is 0 Å². The lowest BCUT2D eigenvalue weighted by atomic mass is 9.95. The highest BCUT2D eigenvalue weighted by Gasteiger charge is 2.20. The van der Waals surface area contributed by atoms with E-state index in [1.54, 1.807) is 17.4 Å². The van der Waals surface area contributed by atoms with Gasteiger partial charge >= 0.3 is 0 Å². The van der Waals surface area contributed by atoms with Gasteiger partial charge in [0.15, 0.2) is 16.9 Å². The van der Waals surface area contributed by atoms with Crippen LogP contribution in [0.25, 0.3) is 49.5 Å². The second-order valence-electron chi connectivity index (χ2n) is 7.87. The van der Waals surface area contributed by atoms with Crippen LogP contribution < -0.4 is 5.56 Å². The van der Waals surface area contributed by atoms with Gasteiger partial charge in [0, 0.05) is 23.1 Å². The molecule has 0 aliphatic rings. The minimum Gasteiger partial charge on any atom is -0.274 e. The van der Waals surface area contributed by atoms with Gasteiger partial charge in [0.2, 0.25) is 5.91 Å². The number of carbonyl (C=O) groups is 1. The number of benzene rings is 2. The van der Waals surface area contributed by atoms with Crippen molar-refractivity contribution in [3.05, 3.63) is 57.6 Å². The van der Waals surface area contributed by atoms with E-state index in [1.807, 2.05) is 18.2 Å². The molecule has 0 atom stereocenters. The number of aryl methyl sites for hydroxylation is 3. The fourth-order valence-electron chi connectivity index (χ4n) is 4.75. The van der Waals surface area contributed by atoms with Crippen molar-refractivity contribution in [2.24, 2.45) is 0 Å². The first-order chi connectivity index (χ1) is 14.4. The first-order valence-corrected chi connectivity index (χ1v) is 9.74. The largest absolute Gasteiger partial charge is 0.274 e. The standard InChI is InChI=1S/C23H17N5O2/c1-10-5-7-14-19-15(8-6-11(2)18(10)19)23(30)28-17-9-16-20(25-21(17)26-22(14)28)24-12(3)27(16)13(4)29/h5-9H,1-4H3. The second-order valence-corrected chi connectivity index (χ2v) is 7.87. The minimum absolute atomic E-state index is 0.137. The number of hydrogen-bond acceptors (Lipinski definition) is 5. The van der Waals surface area contributed by atoms with Crippen LogP contribution in [0, 0.1) is 20.8 Å². The molecule has 0 fully saturated rings. The highest BCUT2D eigenvalue weighted by Crippen LogP contribution is 2.33. The van der Waals surface area contributed by atoms with E-state index < -0.39 is 0 Å². The summed E-state index contributed by atoms with van der Waals surface area (Å²) in [6.07, 6.45) is 0. The summed E-state index contributed by atoms with van der Waals surface area (Å²) < 4.78 is 3.12. The molecule has 0 amide bonds. The molecule has 4 heterocycles. The summed E-state index contributed by atoms with van der Waals surface area (Å²) in [4.78, 5) is 39.4. The zero-order chi connectivity index (χ0) is 20.9. The Morgan fingerprint density at radius 3 is 2.20 bits per heavy atom. The van der Waals surface area contributed by atoms with Crippen molar-refractivity contribution in [3.63, 3.8) is 0 Å². The highest BCUT2D eigenvalue weighted by molar-refractivity contribution is 6.17. The molecular weight excluding hydrogens is 378 g/mol. The van der Waals surface area contributed by atoms with E-state index >= 15 is 0 Å². The number of carbonyl (C=O) groups excluding carboxylic acids is 1. The molecule has 0 unspecified atom stereocenters. The number of aromatic nitrogens is 5. The second kappa shape index (κ2) is 5.38. The molecule has 4 aromatic heterocycles. The van der Waals surface area contributed by atoms with Crippen LogP contribution in [0.5, 0.6) is 0 Å². The smallest absolute Gasteiger partial charge is 0.264 e. The van der Waals surface area contributed by atoms with Crippen LogP contribution in [-0.4, -0.2) is 29.8 Å². The zero-order valence-corrected chi connectivity index (χ0v) is 16.9. The first-order valence-electron chi connectivity index (χ1n) is 9.74. The van der Waals surface area contributed by atoms with Gasteiger partial charge in [-0.2, -0.15) is 0 Å². The van der Waals surface area contributed by atoms with Gasteiger partial charge in [-0.05, 0) is 49.4 Å². The highest BCUT2D eigenvalue weighted by atomic mass is 16.2. The molecule has 30 heavy (non-hydrogen) atoms. The summed E-state index contributed by atoms with van der Waals surface area (Å²) >= 11 is 0. The van der Waals surface area contributed by atoms with Crippen molar-refractivity contribution in [3.8, 4) is 0 Å². The number of nitrogens with zero attached hydrogens (tertiary/aromatic N) is 5. The molecule has 0 radical (unpaired) electrons. The Bertz CT molecular complexity index is 1770. The molecule has 7 nitrogen and oxygen atoms in total. The van der Waals surface area contributed by atoms with Crippen molar-refractivity contribution >= 4 is 55.4 Å². The van der Waals surface area contributed by atoms with Gasteiger partial charge in [0.1, 0.15) is 5.82 Å². The van der Waals surface area contributed by atoms with Gasteiger partial charge in [-0.3, -0.25) is 18.6 Å².